The third-order valence-electron chi connectivity index (χ3n) is 1.47. The van der Waals surface area contributed by atoms with E-state index in [4.69, 9.17) is 11.6 Å². The minimum absolute atomic E-state index is 0.236. The van der Waals surface area contributed by atoms with Gasteiger partial charge in [-0.15, -0.1) is 0 Å². The van der Waals surface area contributed by atoms with E-state index in [1.807, 2.05) is 0 Å². The first-order valence-electron chi connectivity index (χ1n) is 3.04. The molecular formula is C8H8ClF. The van der Waals surface area contributed by atoms with Gasteiger partial charge in [0.2, 0.25) is 0 Å². The molecule has 0 heterocycles. The normalized spacial score (nSPS) is 10.0. The third-order valence-corrected chi connectivity index (χ3v) is 1.93. The maximum atomic E-state index is 12.9. The van der Waals surface area contributed by atoms with Gasteiger partial charge >= 0.3 is 0 Å². The number of aryl methyl sites for hydroxylation is 2. The van der Waals surface area contributed by atoms with Crippen LogP contribution >= 0.6 is 11.6 Å². The minimum atomic E-state index is -0.304. The van der Waals surface area contributed by atoms with Crippen molar-refractivity contribution in [2.75, 3.05) is 0 Å². The van der Waals surface area contributed by atoms with Gasteiger partial charge in [-0.2, -0.15) is 0 Å². The number of halogens is 2. The van der Waals surface area contributed by atoms with Crippen molar-refractivity contribution in [2.45, 2.75) is 13.8 Å². The van der Waals surface area contributed by atoms with E-state index in [9.17, 15) is 4.39 Å². The Hall–Kier alpha value is -0.560. The van der Waals surface area contributed by atoms with Gasteiger partial charge in [0.25, 0.3) is 0 Å². The van der Waals surface area contributed by atoms with Gasteiger partial charge in [-0.1, -0.05) is 23.7 Å². The molecule has 0 saturated heterocycles. The van der Waals surface area contributed by atoms with Crippen molar-refractivity contribution in [3.05, 3.63) is 34.1 Å². The average Bonchev–Trinajstić information content (AvgIpc) is 1.93. The lowest BCUT2D eigenvalue weighted by Gasteiger charge is -2.00. The maximum Gasteiger partial charge on any atom is 0.144 e. The molecule has 1 aromatic carbocycles. The van der Waals surface area contributed by atoms with Crippen molar-refractivity contribution in [2.24, 2.45) is 0 Å². The molecule has 0 atom stereocenters. The molecule has 0 aliphatic carbocycles. The van der Waals surface area contributed by atoms with Crippen LogP contribution in [-0.2, 0) is 0 Å². The summed E-state index contributed by atoms with van der Waals surface area (Å²) in [7, 11) is 0. The minimum Gasteiger partial charge on any atom is -0.205 e. The highest BCUT2D eigenvalue weighted by Crippen LogP contribution is 2.21. The molecule has 0 amide bonds. The Labute approximate surface area is 64.6 Å². The molecule has 2 heteroatoms. The Morgan fingerprint density at radius 1 is 1.20 bits per heavy atom. The first kappa shape index (κ1) is 7.55. The van der Waals surface area contributed by atoms with E-state index >= 15 is 0 Å². The molecule has 0 N–H and O–H groups in total. The molecule has 0 aliphatic heterocycles. The monoisotopic (exact) mass is 158 g/mol. The fourth-order valence-electron chi connectivity index (χ4n) is 0.743. The van der Waals surface area contributed by atoms with Crippen LogP contribution in [0, 0.1) is 19.7 Å². The van der Waals surface area contributed by atoms with E-state index in [2.05, 4.69) is 0 Å². The molecule has 0 spiro atoms. The van der Waals surface area contributed by atoms with Crippen molar-refractivity contribution >= 4 is 11.6 Å². The van der Waals surface area contributed by atoms with Crippen molar-refractivity contribution in [3.8, 4) is 0 Å². The molecule has 0 nitrogen and oxygen atoms in total. The summed E-state index contributed by atoms with van der Waals surface area (Å²) in [6.07, 6.45) is 0. The summed E-state index contributed by atoms with van der Waals surface area (Å²) in [5.41, 5.74) is 1.38. The van der Waals surface area contributed by atoms with Crippen LogP contribution < -0.4 is 0 Å². The molecule has 0 bridgehead atoms. The van der Waals surface area contributed by atoms with Gasteiger partial charge in [0.15, 0.2) is 0 Å². The first-order valence-corrected chi connectivity index (χ1v) is 3.42. The lowest BCUT2D eigenvalue weighted by Crippen LogP contribution is -1.85. The van der Waals surface area contributed by atoms with Gasteiger partial charge < -0.3 is 0 Å². The SMILES string of the molecule is Cc1ccc(C)c(Cl)c1F. The lowest BCUT2D eigenvalue weighted by atomic mass is 10.1. The molecule has 0 saturated carbocycles. The molecule has 0 radical (unpaired) electrons. The Morgan fingerprint density at radius 3 is 2.20 bits per heavy atom. The van der Waals surface area contributed by atoms with E-state index in [1.54, 1.807) is 26.0 Å². The maximum absolute atomic E-state index is 12.9. The van der Waals surface area contributed by atoms with Crippen LogP contribution in [0.15, 0.2) is 12.1 Å². The second-order valence-corrected chi connectivity index (χ2v) is 2.71. The van der Waals surface area contributed by atoms with Crippen LogP contribution in [0.3, 0.4) is 0 Å². The van der Waals surface area contributed by atoms with Crippen molar-refractivity contribution in [1.29, 1.82) is 0 Å². The van der Waals surface area contributed by atoms with E-state index in [0.717, 1.165) is 5.56 Å². The number of hydrogen-bond acceptors (Lipinski definition) is 0. The molecule has 0 aliphatic rings. The molecule has 0 fully saturated rings. The van der Waals surface area contributed by atoms with E-state index < -0.39 is 0 Å². The van der Waals surface area contributed by atoms with E-state index in [1.165, 1.54) is 0 Å². The largest absolute Gasteiger partial charge is 0.205 e. The van der Waals surface area contributed by atoms with Crippen LogP contribution in [0.1, 0.15) is 11.1 Å². The zero-order valence-corrected chi connectivity index (χ0v) is 6.67. The standard InChI is InChI=1S/C8H8ClF/c1-5-3-4-6(2)8(10)7(5)9/h3-4H,1-2H3. The van der Waals surface area contributed by atoms with E-state index in [-0.39, 0.29) is 10.8 Å². The van der Waals surface area contributed by atoms with Gasteiger partial charge in [0.1, 0.15) is 5.82 Å². The summed E-state index contributed by atoms with van der Waals surface area (Å²) in [5.74, 6) is -0.304. The van der Waals surface area contributed by atoms with Crippen LogP contribution in [0.2, 0.25) is 5.02 Å². The average molecular weight is 159 g/mol. The van der Waals surface area contributed by atoms with Crippen LogP contribution in [-0.4, -0.2) is 0 Å². The highest BCUT2D eigenvalue weighted by molar-refractivity contribution is 6.31. The molecule has 54 valence electrons. The number of hydrogen-bond donors (Lipinski definition) is 0. The van der Waals surface area contributed by atoms with Gasteiger partial charge in [-0.05, 0) is 25.0 Å². The van der Waals surface area contributed by atoms with Crippen molar-refractivity contribution in [3.63, 3.8) is 0 Å². The second-order valence-electron chi connectivity index (χ2n) is 2.33. The Balaban J connectivity index is 3.34. The predicted molar refractivity (Wildman–Crippen MR) is 40.9 cm³/mol. The summed E-state index contributed by atoms with van der Waals surface area (Å²) in [5, 5.41) is 0.236. The van der Waals surface area contributed by atoms with Crippen LogP contribution in [0.25, 0.3) is 0 Å². The molecular weight excluding hydrogens is 151 g/mol. The van der Waals surface area contributed by atoms with Crippen molar-refractivity contribution in [1.82, 2.24) is 0 Å². The zero-order chi connectivity index (χ0) is 7.72. The van der Waals surface area contributed by atoms with Crippen LogP contribution in [0.5, 0.6) is 0 Å². The van der Waals surface area contributed by atoms with Gasteiger partial charge in [0, 0.05) is 0 Å². The highest BCUT2D eigenvalue weighted by Gasteiger charge is 2.03. The Kier molecular flexibility index (Phi) is 1.95. The molecule has 1 aromatic rings. The topological polar surface area (TPSA) is 0 Å². The van der Waals surface area contributed by atoms with Gasteiger partial charge in [-0.25, -0.2) is 4.39 Å². The Bertz CT molecular complexity index is 229. The molecule has 1 rings (SSSR count). The summed E-state index contributed by atoms with van der Waals surface area (Å²) in [6, 6.07) is 3.53. The van der Waals surface area contributed by atoms with Crippen LogP contribution in [0.4, 0.5) is 4.39 Å². The smallest absolute Gasteiger partial charge is 0.144 e. The molecule has 0 unspecified atom stereocenters. The van der Waals surface area contributed by atoms with Crippen molar-refractivity contribution < 1.29 is 4.39 Å². The summed E-state index contributed by atoms with van der Waals surface area (Å²) < 4.78 is 12.9. The zero-order valence-electron chi connectivity index (χ0n) is 5.91. The lowest BCUT2D eigenvalue weighted by molar-refractivity contribution is 0.618. The number of rotatable bonds is 0. The fourth-order valence-corrected chi connectivity index (χ4v) is 0.955. The van der Waals surface area contributed by atoms with Gasteiger partial charge in [-0.3, -0.25) is 0 Å². The third kappa shape index (κ3) is 1.14. The Morgan fingerprint density at radius 2 is 1.70 bits per heavy atom. The summed E-state index contributed by atoms with van der Waals surface area (Å²) in [6.45, 7) is 3.48. The highest BCUT2D eigenvalue weighted by atomic mass is 35.5. The summed E-state index contributed by atoms with van der Waals surface area (Å²) in [4.78, 5) is 0. The number of benzene rings is 1. The van der Waals surface area contributed by atoms with E-state index in [0.29, 0.717) is 5.56 Å². The predicted octanol–water partition coefficient (Wildman–Crippen LogP) is 3.10. The fraction of sp³-hybridized carbons (Fsp3) is 0.250. The summed E-state index contributed by atoms with van der Waals surface area (Å²) >= 11 is 5.61. The second kappa shape index (κ2) is 2.59. The quantitative estimate of drug-likeness (QED) is 0.544. The van der Waals surface area contributed by atoms with Gasteiger partial charge in [0.05, 0.1) is 5.02 Å². The molecule has 10 heavy (non-hydrogen) atoms. The first-order chi connectivity index (χ1) is 4.63. The molecule has 0 aromatic heterocycles.